The lowest BCUT2D eigenvalue weighted by Crippen LogP contribution is -2.04. The minimum absolute atomic E-state index is 0.148. The molecule has 0 atom stereocenters. The predicted octanol–water partition coefficient (Wildman–Crippen LogP) is 4.62. The van der Waals surface area contributed by atoms with Crippen LogP contribution in [0.2, 0.25) is 10.0 Å². The number of hydrogen-bond acceptors (Lipinski definition) is 4. The molecule has 7 heteroatoms. The van der Waals surface area contributed by atoms with E-state index in [0.29, 0.717) is 15.7 Å². The number of hydrogen-bond donors (Lipinski definition) is 0. The number of halogens is 2. The lowest BCUT2D eigenvalue weighted by molar-refractivity contribution is 0.395. The van der Waals surface area contributed by atoms with E-state index in [0.717, 1.165) is 5.56 Å². The van der Waals surface area contributed by atoms with E-state index in [1.807, 2.05) is 0 Å². The van der Waals surface area contributed by atoms with Gasteiger partial charge in [0.1, 0.15) is 11.4 Å². The summed E-state index contributed by atoms with van der Waals surface area (Å²) in [7, 11) is -3.55. The molecule has 0 amide bonds. The summed E-state index contributed by atoms with van der Waals surface area (Å²) < 4.78 is 29.9. The van der Waals surface area contributed by atoms with Gasteiger partial charge in [0.25, 0.3) is 0 Å². The third-order valence-corrected chi connectivity index (χ3v) is 5.31. The number of sulfone groups is 1. The van der Waals surface area contributed by atoms with Gasteiger partial charge in [-0.25, -0.2) is 8.42 Å². The molecule has 118 valence electrons. The van der Waals surface area contributed by atoms with E-state index in [2.05, 4.69) is 5.16 Å². The maximum absolute atomic E-state index is 12.4. The van der Waals surface area contributed by atoms with Gasteiger partial charge in [-0.3, -0.25) is 0 Å². The van der Waals surface area contributed by atoms with Gasteiger partial charge in [0.15, 0.2) is 15.6 Å². The van der Waals surface area contributed by atoms with Gasteiger partial charge in [0.2, 0.25) is 0 Å². The number of rotatable bonds is 4. The summed E-state index contributed by atoms with van der Waals surface area (Å²) in [6, 6.07) is 14.8. The van der Waals surface area contributed by atoms with Crippen LogP contribution in [0.5, 0.6) is 0 Å². The molecule has 4 nitrogen and oxygen atoms in total. The fourth-order valence-electron chi connectivity index (χ4n) is 2.07. The van der Waals surface area contributed by atoms with Crippen molar-refractivity contribution in [3.63, 3.8) is 0 Å². The van der Waals surface area contributed by atoms with Crippen LogP contribution in [-0.2, 0) is 15.6 Å². The Hall–Kier alpha value is -1.82. The second kappa shape index (κ2) is 6.35. The zero-order chi connectivity index (χ0) is 16.4. The third-order valence-electron chi connectivity index (χ3n) is 3.19. The van der Waals surface area contributed by atoms with Crippen LogP contribution in [0, 0.1) is 0 Å². The first-order chi connectivity index (χ1) is 10.9. The van der Waals surface area contributed by atoms with E-state index in [9.17, 15) is 8.42 Å². The van der Waals surface area contributed by atoms with Gasteiger partial charge < -0.3 is 4.52 Å². The summed E-state index contributed by atoms with van der Waals surface area (Å²) in [4.78, 5) is 0.148. The standard InChI is InChI=1S/C16H11Cl2NO3S/c17-12-6-4-11(5-7-12)16-9-14(22-19-16)10-23(20,21)15-3-1-2-13(18)8-15/h1-9H,10H2. The van der Waals surface area contributed by atoms with Crippen molar-refractivity contribution in [3.05, 3.63) is 70.4 Å². The zero-order valence-corrected chi connectivity index (χ0v) is 14.1. The fraction of sp³-hybridized carbons (Fsp3) is 0.0625. The second-order valence-electron chi connectivity index (χ2n) is 4.90. The van der Waals surface area contributed by atoms with Crippen LogP contribution in [0.3, 0.4) is 0 Å². The molecular weight excluding hydrogens is 357 g/mol. The summed E-state index contributed by atoms with van der Waals surface area (Å²) in [6.45, 7) is 0. The molecule has 1 aromatic heterocycles. The molecule has 23 heavy (non-hydrogen) atoms. The van der Waals surface area contributed by atoms with Crippen molar-refractivity contribution in [3.8, 4) is 11.3 Å². The van der Waals surface area contributed by atoms with Gasteiger partial charge in [-0.1, -0.05) is 46.6 Å². The Balaban J connectivity index is 1.85. The monoisotopic (exact) mass is 367 g/mol. The maximum atomic E-state index is 12.4. The summed E-state index contributed by atoms with van der Waals surface area (Å²) in [5.74, 6) is -0.0246. The Morgan fingerprint density at radius 2 is 1.70 bits per heavy atom. The van der Waals surface area contributed by atoms with Crippen molar-refractivity contribution >= 4 is 33.0 Å². The Labute approximate surface area is 143 Å². The lowest BCUT2D eigenvalue weighted by atomic mass is 10.1. The highest BCUT2D eigenvalue weighted by molar-refractivity contribution is 7.90. The summed E-state index contributed by atoms with van der Waals surface area (Å²) in [5, 5.41) is 4.88. The normalized spacial score (nSPS) is 11.6. The van der Waals surface area contributed by atoms with Crippen LogP contribution in [0.4, 0.5) is 0 Å². The van der Waals surface area contributed by atoms with Crippen molar-refractivity contribution in [1.82, 2.24) is 5.16 Å². The Bertz CT molecular complexity index is 934. The average molecular weight is 368 g/mol. The van der Waals surface area contributed by atoms with Crippen LogP contribution in [0.1, 0.15) is 5.76 Å². The smallest absolute Gasteiger partial charge is 0.185 e. The average Bonchev–Trinajstić information content (AvgIpc) is 2.96. The molecule has 1 heterocycles. The molecule has 0 saturated carbocycles. The highest BCUT2D eigenvalue weighted by atomic mass is 35.5. The van der Waals surface area contributed by atoms with Crippen LogP contribution in [-0.4, -0.2) is 13.6 Å². The zero-order valence-electron chi connectivity index (χ0n) is 11.7. The minimum Gasteiger partial charge on any atom is -0.360 e. The largest absolute Gasteiger partial charge is 0.360 e. The van der Waals surface area contributed by atoms with E-state index in [-0.39, 0.29) is 16.4 Å². The van der Waals surface area contributed by atoms with Crippen molar-refractivity contribution in [2.75, 3.05) is 0 Å². The SMILES string of the molecule is O=S(=O)(Cc1cc(-c2ccc(Cl)cc2)no1)c1cccc(Cl)c1. The highest BCUT2D eigenvalue weighted by Crippen LogP contribution is 2.24. The van der Waals surface area contributed by atoms with Gasteiger partial charge >= 0.3 is 0 Å². The molecule has 0 fully saturated rings. The van der Waals surface area contributed by atoms with Gasteiger partial charge in [0, 0.05) is 21.7 Å². The summed E-state index contributed by atoms with van der Waals surface area (Å²) in [6.07, 6.45) is 0. The van der Waals surface area contributed by atoms with E-state index < -0.39 is 9.84 Å². The van der Waals surface area contributed by atoms with Crippen molar-refractivity contribution < 1.29 is 12.9 Å². The number of benzene rings is 2. The quantitative estimate of drug-likeness (QED) is 0.674. The number of nitrogens with zero attached hydrogens (tertiary/aromatic N) is 1. The minimum atomic E-state index is -3.55. The van der Waals surface area contributed by atoms with E-state index in [4.69, 9.17) is 27.7 Å². The van der Waals surface area contributed by atoms with E-state index in [1.165, 1.54) is 12.1 Å². The van der Waals surface area contributed by atoms with E-state index >= 15 is 0 Å². The molecule has 0 bridgehead atoms. The predicted molar refractivity (Wildman–Crippen MR) is 89.3 cm³/mol. The first-order valence-corrected chi connectivity index (χ1v) is 9.05. The van der Waals surface area contributed by atoms with Crippen molar-refractivity contribution in [1.29, 1.82) is 0 Å². The van der Waals surface area contributed by atoms with Gasteiger partial charge in [-0.2, -0.15) is 0 Å². The molecule has 0 aliphatic heterocycles. The molecule has 0 unspecified atom stereocenters. The highest BCUT2D eigenvalue weighted by Gasteiger charge is 2.19. The van der Waals surface area contributed by atoms with Crippen LogP contribution in [0.15, 0.2) is 64.0 Å². The molecule has 2 aromatic carbocycles. The molecule has 0 aliphatic rings. The first-order valence-electron chi connectivity index (χ1n) is 6.64. The Kier molecular flexibility index (Phi) is 4.43. The maximum Gasteiger partial charge on any atom is 0.185 e. The molecule has 0 radical (unpaired) electrons. The van der Waals surface area contributed by atoms with Crippen LogP contribution >= 0.6 is 23.2 Å². The molecular formula is C16H11Cl2NO3S. The molecule has 3 aromatic rings. The molecule has 3 rings (SSSR count). The lowest BCUT2D eigenvalue weighted by Gasteiger charge is -2.02. The van der Waals surface area contributed by atoms with Gasteiger partial charge in [-0.15, -0.1) is 0 Å². The molecule has 0 saturated heterocycles. The first kappa shape index (κ1) is 16.1. The second-order valence-corrected chi connectivity index (χ2v) is 7.76. The van der Waals surface area contributed by atoms with Crippen molar-refractivity contribution in [2.24, 2.45) is 0 Å². The Morgan fingerprint density at radius 1 is 0.957 bits per heavy atom. The number of aromatic nitrogens is 1. The molecule has 0 N–H and O–H groups in total. The van der Waals surface area contributed by atoms with Crippen LogP contribution in [0.25, 0.3) is 11.3 Å². The summed E-state index contributed by atoms with van der Waals surface area (Å²) in [5.41, 5.74) is 1.35. The third kappa shape index (κ3) is 3.75. The fourth-order valence-corrected chi connectivity index (χ4v) is 3.72. The topological polar surface area (TPSA) is 60.2 Å². The summed E-state index contributed by atoms with van der Waals surface area (Å²) >= 11 is 11.7. The van der Waals surface area contributed by atoms with Crippen LogP contribution < -0.4 is 0 Å². The van der Waals surface area contributed by atoms with E-state index in [1.54, 1.807) is 42.5 Å². The van der Waals surface area contributed by atoms with Gasteiger partial charge in [-0.05, 0) is 30.3 Å². The van der Waals surface area contributed by atoms with Gasteiger partial charge in [0.05, 0.1) is 4.90 Å². The van der Waals surface area contributed by atoms with Crippen molar-refractivity contribution in [2.45, 2.75) is 10.6 Å². The molecule has 0 aliphatic carbocycles. The Morgan fingerprint density at radius 3 is 2.39 bits per heavy atom. The molecule has 0 spiro atoms.